The van der Waals surface area contributed by atoms with Crippen molar-refractivity contribution in [1.29, 1.82) is 0 Å². The van der Waals surface area contributed by atoms with Crippen molar-refractivity contribution in [2.45, 2.75) is 12.8 Å². The molecule has 0 saturated heterocycles. The van der Waals surface area contributed by atoms with Crippen molar-refractivity contribution in [2.24, 2.45) is 0 Å². The summed E-state index contributed by atoms with van der Waals surface area (Å²) in [5.41, 5.74) is 0.788. The molecular formula is C12H14N2O3S. The van der Waals surface area contributed by atoms with Crippen molar-refractivity contribution in [3.63, 3.8) is 0 Å². The number of nitrogens with one attached hydrogen (secondary N) is 2. The Morgan fingerprint density at radius 2 is 1.89 bits per heavy atom. The molecule has 0 fully saturated rings. The number of methoxy groups -OCH3 is 1. The number of para-hydroxylation sites is 1. The molecule has 0 spiro atoms. The number of esters is 1. The zero-order valence-electron chi connectivity index (χ0n) is 9.93. The number of carbonyl (C=O) groups excluding carboxylic acids is 2. The van der Waals surface area contributed by atoms with E-state index in [-0.39, 0.29) is 23.9 Å². The van der Waals surface area contributed by atoms with Gasteiger partial charge < -0.3 is 15.4 Å². The third-order valence-electron chi connectivity index (χ3n) is 2.07. The highest BCUT2D eigenvalue weighted by Crippen LogP contribution is 2.04. The number of benzene rings is 1. The number of rotatable bonds is 4. The summed E-state index contributed by atoms with van der Waals surface area (Å²) in [4.78, 5) is 22.3. The highest BCUT2D eigenvalue weighted by molar-refractivity contribution is 7.80. The first kappa shape index (κ1) is 14.1. The van der Waals surface area contributed by atoms with Gasteiger partial charge >= 0.3 is 5.97 Å². The molecule has 1 aromatic carbocycles. The van der Waals surface area contributed by atoms with E-state index >= 15 is 0 Å². The lowest BCUT2D eigenvalue weighted by atomic mass is 10.3. The summed E-state index contributed by atoms with van der Waals surface area (Å²) in [6.45, 7) is 0. The Labute approximate surface area is 111 Å². The first-order valence-electron chi connectivity index (χ1n) is 5.34. The maximum atomic E-state index is 11.4. The van der Waals surface area contributed by atoms with Gasteiger partial charge in [0.15, 0.2) is 5.11 Å². The van der Waals surface area contributed by atoms with Gasteiger partial charge in [-0.25, -0.2) is 0 Å². The predicted octanol–water partition coefficient (Wildman–Crippen LogP) is 1.45. The van der Waals surface area contributed by atoms with Crippen LogP contribution in [0.15, 0.2) is 30.3 Å². The molecule has 0 aromatic heterocycles. The fourth-order valence-electron chi connectivity index (χ4n) is 1.19. The largest absolute Gasteiger partial charge is 0.469 e. The molecule has 0 atom stereocenters. The molecule has 18 heavy (non-hydrogen) atoms. The minimum Gasteiger partial charge on any atom is -0.469 e. The van der Waals surface area contributed by atoms with E-state index in [4.69, 9.17) is 12.2 Å². The fourth-order valence-corrected chi connectivity index (χ4v) is 1.42. The summed E-state index contributed by atoms with van der Waals surface area (Å²) in [6, 6.07) is 9.23. The minimum atomic E-state index is -0.424. The minimum absolute atomic E-state index is 0.0380. The summed E-state index contributed by atoms with van der Waals surface area (Å²) >= 11 is 4.96. The van der Waals surface area contributed by atoms with Gasteiger partial charge in [-0.3, -0.25) is 9.59 Å². The molecular weight excluding hydrogens is 252 g/mol. The van der Waals surface area contributed by atoms with E-state index < -0.39 is 5.97 Å². The van der Waals surface area contributed by atoms with Gasteiger partial charge in [0.25, 0.3) is 0 Å². The fraction of sp³-hybridized carbons (Fsp3) is 0.250. The van der Waals surface area contributed by atoms with E-state index in [1.165, 1.54) is 7.11 Å². The van der Waals surface area contributed by atoms with Crippen molar-refractivity contribution < 1.29 is 14.3 Å². The van der Waals surface area contributed by atoms with Crippen LogP contribution in [-0.2, 0) is 14.3 Å². The number of thiocarbonyl (C=S) groups is 1. The van der Waals surface area contributed by atoms with Gasteiger partial charge in [-0.1, -0.05) is 18.2 Å². The number of ether oxygens (including phenoxy) is 1. The van der Waals surface area contributed by atoms with E-state index in [0.29, 0.717) is 0 Å². The standard InChI is InChI=1S/C12H14N2O3S/c1-17-11(16)8-7-10(15)14-12(18)13-9-5-3-2-4-6-9/h2-6H,7-8H2,1H3,(H2,13,14,15,18). The molecule has 0 aliphatic carbocycles. The van der Waals surface area contributed by atoms with Crippen molar-refractivity contribution in [3.05, 3.63) is 30.3 Å². The molecule has 0 bridgehead atoms. The summed E-state index contributed by atoms with van der Waals surface area (Å²) in [5, 5.41) is 5.54. The van der Waals surface area contributed by atoms with E-state index in [0.717, 1.165) is 5.69 Å². The van der Waals surface area contributed by atoms with Crippen LogP contribution in [0.5, 0.6) is 0 Å². The van der Waals surface area contributed by atoms with Gasteiger partial charge in [0.05, 0.1) is 13.5 Å². The van der Waals surface area contributed by atoms with Crippen molar-refractivity contribution >= 4 is 34.9 Å². The van der Waals surface area contributed by atoms with Crippen molar-refractivity contribution in [2.75, 3.05) is 12.4 Å². The molecule has 96 valence electrons. The molecule has 1 rings (SSSR count). The van der Waals surface area contributed by atoms with Crippen molar-refractivity contribution in [1.82, 2.24) is 5.32 Å². The van der Waals surface area contributed by atoms with Gasteiger partial charge in [0, 0.05) is 12.1 Å². The van der Waals surface area contributed by atoms with Crippen LogP contribution in [0, 0.1) is 0 Å². The van der Waals surface area contributed by atoms with Crippen LogP contribution in [0.1, 0.15) is 12.8 Å². The quantitative estimate of drug-likeness (QED) is 0.638. The van der Waals surface area contributed by atoms with Crippen LogP contribution in [0.4, 0.5) is 5.69 Å². The highest BCUT2D eigenvalue weighted by Gasteiger charge is 2.08. The second kappa shape index (κ2) is 7.39. The average Bonchev–Trinajstić information content (AvgIpc) is 2.37. The molecule has 5 nitrogen and oxygen atoms in total. The van der Waals surface area contributed by atoms with Crippen LogP contribution in [0.25, 0.3) is 0 Å². The van der Waals surface area contributed by atoms with E-state index in [1.54, 1.807) is 0 Å². The van der Waals surface area contributed by atoms with Crippen LogP contribution >= 0.6 is 12.2 Å². The molecule has 6 heteroatoms. The van der Waals surface area contributed by atoms with Gasteiger partial charge in [-0.2, -0.15) is 0 Å². The number of carbonyl (C=O) groups is 2. The SMILES string of the molecule is COC(=O)CCC(=O)NC(=S)Nc1ccccc1. The molecule has 1 amide bonds. The normalized spacial score (nSPS) is 9.39. The van der Waals surface area contributed by atoms with E-state index in [2.05, 4.69) is 15.4 Å². The smallest absolute Gasteiger partial charge is 0.306 e. The van der Waals surface area contributed by atoms with Gasteiger partial charge in [-0.05, 0) is 24.4 Å². The second-order valence-corrected chi connectivity index (χ2v) is 3.85. The lowest BCUT2D eigenvalue weighted by Gasteiger charge is -2.08. The van der Waals surface area contributed by atoms with E-state index in [9.17, 15) is 9.59 Å². The molecule has 0 saturated carbocycles. The average molecular weight is 266 g/mol. The molecule has 2 N–H and O–H groups in total. The molecule has 0 aliphatic heterocycles. The van der Waals surface area contributed by atoms with Crippen LogP contribution in [0.2, 0.25) is 0 Å². The van der Waals surface area contributed by atoms with Gasteiger partial charge in [-0.15, -0.1) is 0 Å². The monoisotopic (exact) mass is 266 g/mol. The molecule has 1 aromatic rings. The second-order valence-electron chi connectivity index (χ2n) is 3.44. The maximum Gasteiger partial charge on any atom is 0.306 e. The molecule has 0 heterocycles. The first-order chi connectivity index (χ1) is 8.61. The van der Waals surface area contributed by atoms with Crippen molar-refractivity contribution in [3.8, 4) is 0 Å². The summed E-state index contributed by atoms with van der Waals surface area (Å²) in [5.74, 6) is -0.749. The summed E-state index contributed by atoms with van der Waals surface area (Å²) in [7, 11) is 1.28. The Morgan fingerprint density at radius 1 is 1.22 bits per heavy atom. The van der Waals surface area contributed by atoms with Gasteiger partial charge in [0.1, 0.15) is 0 Å². The van der Waals surface area contributed by atoms with Gasteiger partial charge in [0.2, 0.25) is 5.91 Å². The Hall–Kier alpha value is -1.95. The Kier molecular flexibility index (Phi) is 5.79. The number of hydrogen-bond donors (Lipinski definition) is 2. The summed E-state index contributed by atoms with van der Waals surface area (Å²) < 4.78 is 4.43. The van der Waals surface area contributed by atoms with Crippen LogP contribution in [0.3, 0.4) is 0 Å². The first-order valence-corrected chi connectivity index (χ1v) is 5.75. The summed E-state index contributed by atoms with van der Waals surface area (Å²) in [6.07, 6.45) is 0.0829. The number of hydrogen-bond acceptors (Lipinski definition) is 4. The zero-order valence-corrected chi connectivity index (χ0v) is 10.8. The third kappa shape index (κ3) is 5.40. The van der Waals surface area contributed by atoms with E-state index in [1.807, 2.05) is 30.3 Å². The third-order valence-corrected chi connectivity index (χ3v) is 2.27. The lowest BCUT2D eigenvalue weighted by molar-refractivity contribution is -0.142. The predicted molar refractivity (Wildman–Crippen MR) is 72.1 cm³/mol. The molecule has 0 aliphatic rings. The Morgan fingerprint density at radius 3 is 2.50 bits per heavy atom. The maximum absolute atomic E-state index is 11.4. The Balaban J connectivity index is 2.32. The number of amides is 1. The van der Waals surface area contributed by atoms with Crippen LogP contribution in [-0.4, -0.2) is 24.1 Å². The molecule has 0 unspecified atom stereocenters. The lowest BCUT2D eigenvalue weighted by Crippen LogP contribution is -2.34. The topological polar surface area (TPSA) is 67.4 Å². The Bertz CT molecular complexity index is 434. The highest BCUT2D eigenvalue weighted by atomic mass is 32.1. The number of anilines is 1. The van der Waals surface area contributed by atoms with Crippen LogP contribution < -0.4 is 10.6 Å². The zero-order chi connectivity index (χ0) is 13.4. The molecule has 0 radical (unpaired) electrons.